The Morgan fingerprint density at radius 1 is 1.05 bits per heavy atom. The average Bonchev–Trinajstić information content (AvgIpc) is 2.25. The van der Waals surface area contributed by atoms with Crippen LogP contribution in [0.1, 0.15) is 32.0 Å². The first kappa shape index (κ1) is 14.3. The number of aryl methyl sites for hydroxylation is 1. The highest BCUT2D eigenvalue weighted by Gasteiger charge is 2.23. The van der Waals surface area contributed by atoms with Gasteiger partial charge in [0, 0.05) is 17.3 Å². The third-order valence-electron chi connectivity index (χ3n) is 3.73. The van der Waals surface area contributed by atoms with Crippen molar-refractivity contribution in [3.8, 4) is 0 Å². The summed E-state index contributed by atoms with van der Waals surface area (Å²) in [6, 6.07) is 6.97. The maximum atomic E-state index is 4.48. The predicted molar refractivity (Wildman–Crippen MR) is 88.2 cm³/mol. The third kappa shape index (κ3) is 2.74. The van der Waals surface area contributed by atoms with Crippen molar-refractivity contribution in [2.75, 3.05) is 0 Å². The van der Waals surface area contributed by atoms with Gasteiger partial charge in [-0.15, -0.1) is 0 Å². The largest absolute Gasteiger partial charge is 0.261 e. The molecule has 2 heteroatoms. The van der Waals surface area contributed by atoms with Gasteiger partial charge in [-0.25, -0.2) is 0 Å². The van der Waals surface area contributed by atoms with Gasteiger partial charge in [-0.1, -0.05) is 57.7 Å². The molecule has 0 saturated heterocycles. The number of hydrogen-bond donors (Lipinski definition) is 0. The number of nitrogens with zero attached hydrogens (tertiary/aromatic N) is 1. The van der Waals surface area contributed by atoms with Crippen LogP contribution < -0.4 is 5.19 Å². The summed E-state index contributed by atoms with van der Waals surface area (Å²) >= 11 is 0. The zero-order valence-corrected chi connectivity index (χ0v) is 14.3. The van der Waals surface area contributed by atoms with Gasteiger partial charge in [0.2, 0.25) is 0 Å². The van der Waals surface area contributed by atoms with Crippen molar-refractivity contribution in [1.29, 1.82) is 0 Å². The van der Waals surface area contributed by atoms with Crippen LogP contribution in [0.5, 0.6) is 0 Å². The van der Waals surface area contributed by atoms with E-state index in [1.165, 1.54) is 21.5 Å². The fraction of sp³-hybridized carbons (Fsp3) is 0.471. The highest BCUT2D eigenvalue weighted by molar-refractivity contribution is 6.88. The second kappa shape index (κ2) is 4.45. The van der Waals surface area contributed by atoms with Crippen LogP contribution in [0.3, 0.4) is 0 Å². The van der Waals surface area contributed by atoms with Gasteiger partial charge in [0.05, 0.1) is 8.07 Å². The van der Waals surface area contributed by atoms with Gasteiger partial charge < -0.3 is 0 Å². The molecule has 102 valence electrons. The Hall–Kier alpha value is -1.15. The lowest BCUT2D eigenvalue weighted by Gasteiger charge is -2.26. The van der Waals surface area contributed by atoms with E-state index >= 15 is 0 Å². The third-order valence-corrected chi connectivity index (χ3v) is 5.75. The Morgan fingerprint density at radius 3 is 2.21 bits per heavy atom. The molecule has 19 heavy (non-hydrogen) atoms. The number of fused-ring (bicyclic) bond motifs is 1. The fourth-order valence-electron chi connectivity index (χ4n) is 2.52. The first-order valence-electron chi connectivity index (χ1n) is 7.01. The number of aromatic nitrogens is 1. The maximum absolute atomic E-state index is 4.48. The predicted octanol–water partition coefficient (Wildman–Crippen LogP) is 4.39. The molecule has 0 spiro atoms. The smallest absolute Gasteiger partial charge is 0.0776 e. The van der Waals surface area contributed by atoms with Gasteiger partial charge in [0.15, 0.2) is 0 Å². The molecule has 0 aliphatic heterocycles. The topological polar surface area (TPSA) is 12.9 Å². The summed E-state index contributed by atoms with van der Waals surface area (Å²) in [4.78, 5) is 4.48. The quantitative estimate of drug-likeness (QED) is 0.701. The van der Waals surface area contributed by atoms with Crippen molar-refractivity contribution in [2.45, 2.75) is 52.8 Å². The van der Waals surface area contributed by atoms with E-state index in [2.05, 4.69) is 70.5 Å². The molecule has 0 radical (unpaired) electrons. The SMILES string of the molecule is Cc1nccc2cc([Si](C)(C)C)cc(C(C)(C)C)c12. The van der Waals surface area contributed by atoms with Gasteiger partial charge in [-0.05, 0) is 29.4 Å². The highest BCUT2D eigenvalue weighted by Crippen LogP contribution is 2.31. The zero-order valence-electron chi connectivity index (χ0n) is 13.3. The molecule has 1 nitrogen and oxygen atoms in total. The average molecular weight is 271 g/mol. The number of rotatable bonds is 1. The summed E-state index contributed by atoms with van der Waals surface area (Å²) in [6.45, 7) is 16.2. The lowest BCUT2D eigenvalue weighted by Crippen LogP contribution is -2.38. The molecule has 2 rings (SSSR count). The first-order valence-corrected chi connectivity index (χ1v) is 10.5. The van der Waals surface area contributed by atoms with Gasteiger partial charge in [-0.3, -0.25) is 4.98 Å². The molecule has 0 atom stereocenters. The number of hydrogen-bond acceptors (Lipinski definition) is 1. The molecule has 0 fully saturated rings. The van der Waals surface area contributed by atoms with E-state index in [4.69, 9.17) is 0 Å². The Balaban J connectivity index is 2.89. The summed E-state index contributed by atoms with van der Waals surface area (Å²) in [6.07, 6.45) is 1.93. The molecule has 0 bridgehead atoms. The summed E-state index contributed by atoms with van der Waals surface area (Å²) in [5.74, 6) is 0. The lowest BCUT2D eigenvalue weighted by molar-refractivity contribution is 0.596. The highest BCUT2D eigenvalue weighted by atomic mass is 28.3. The zero-order chi connectivity index (χ0) is 14.4. The Labute approximate surface area is 118 Å². The Kier molecular flexibility index (Phi) is 3.34. The van der Waals surface area contributed by atoms with E-state index in [-0.39, 0.29) is 5.41 Å². The maximum Gasteiger partial charge on any atom is 0.0776 e. The van der Waals surface area contributed by atoms with E-state index in [0.717, 1.165) is 5.69 Å². The first-order chi connectivity index (χ1) is 8.60. The summed E-state index contributed by atoms with van der Waals surface area (Å²) in [5, 5.41) is 4.23. The summed E-state index contributed by atoms with van der Waals surface area (Å²) in [5.41, 5.74) is 2.74. The number of benzene rings is 1. The Bertz CT molecular complexity index is 615. The van der Waals surface area contributed by atoms with Crippen LogP contribution in [-0.4, -0.2) is 13.1 Å². The lowest BCUT2D eigenvalue weighted by atomic mass is 9.83. The molecule has 1 aromatic carbocycles. The van der Waals surface area contributed by atoms with Gasteiger partial charge in [0.1, 0.15) is 0 Å². The van der Waals surface area contributed by atoms with Gasteiger partial charge in [0.25, 0.3) is 0 Å². The van der Waals surface area contributed by atoms with Gasteiger partial charge >= 0.3 is 0 Å². The van der Waals surface area contributed by atoms with Gasteiger partial charge in [-0.2, -0.15) is 0 Å². The van der Waals surface area contributed by atoms with Crippen molar-refractivity contribution in [2.24, 2.45) is 0 Å². The Morgan fingerprint density at radius 2 is 1.68 bits per heavy atom. The van der Waals surface area contributed by atoms with Crippen molar-refractivity contribution in [1.82, 2.24) is 4.98 Å². The molecular weight excluding hydrogens is 246 g/mol. The van der Waals surface area contributed by atoms with Crippen LogP contribution in [0.25, 0.3) is 10.8 Å². The van der Waals surface area contributed by atoms with E-state index < -0.39 is 8.07 Å². The van der Waals surface area contributed by atoms with Crippen molar-refractivity contribution >= 4 is 24.0 Å². The molecule has 1 heterocycles. The minimum atomic E-state index is -1.30. The van der Waals surface area contributed by atoms with Crippen LogP contribution >= 0.6 is 0 Å². The standard InChI is InChI=1S/C17H25NSi/c1-12-16-13(8-9-18-12)10-14(19(5,6)7)11-15(16)17(2,3)4/h8-11H,1-7H3. The molecular formula is C17H25NSi. The van der Waals surface area contributed by atoms with E-state index in [1.807, 2.05) is 6.20 Å². The number of pyridine rings is 1. The fourth-order valence-corrected chi connectivity index (χ4v) is 3.68. The van der Waals surface area contributed by atoms with E-state index in [1.54, 1.807) is 0 Å². The minimum absolute atomic E-state index is 0.154. The van der Waals surface area contributed by atoms with E-state index in [0.29, 0.717) is 0 Å². The van der Waals surface area contributed by atoms with Crippen LogP contribution in [0.4, 0.5) is 0 Å². The second-order valence-electron chi connectivity index (χ2n) is 7.52. The van der Waals surface area contributed by atoms with Crippen LogP contribution in [0.15, 0.2) is 24.4 Å². The molecule has 0 unspecified atom stereocenters. The molecule has 0 amide bonds. The van der Waals surface area contributed by atoms with Crippen molar-refractivity contribution < 1.29 is 0 Å². The van der Waals surface area contributed by atoms with Crippen LogP contribution in [0, 0.1) is 6.92 Å². The van der Waals surface area contributed by atoms with Crippen molar-refractivity contribution in [3.05, 3.63) is 35.7 Å². The normalized spacial score (nSPS) is 13.0. The minimum Gasteiger partial charge on any atom is -0.261 e. The molecule has 2 aromatic rings. The molecule has 0 N–H and O–H groups in total. The second-order valence-corrected chi connectivity index (χ2v) is 12.6. The van der Waals surface area contributed by atoms with E-state index in [9.17, 15) is 0 Å². The van der Waals surface area contributed by atoms with Crippen molar-refractivity contribution in [3.63, 3.8) is 0 Å². The monoisotopic (exact) mass is 271 g/mol. The van der Waals surface area contributed by atoms with Crippen LogP contribution in [-0.2, 0) is 5.41 Å². The summed E-state index contributed by atoms with van der Waals surface area (Å²) < 4.78 is 0. The molecule has 1 aromatic heterocycles. The molecule has 0 aliphatic rings. The van der Waals surface area contributed by atoms with Crippen LogP contribution in [0.2, 0.25) is 19.6 Å². The summed E-state index contributed by atoms with van der Waals surface area (Å²) in [7, 11) is -1.30. The molecule has 0 aliphatic carbocycles. The molecule has 0 saturated carbocycles.